The normalized spacial score (nSPS) is 19.4. The van der Waals surface area contributed by atoms with Crippen LogP contribution in [0.2, 0.25) is 0 Å². The molecule has 0 aliphatic carbocycles. The summed E-state index contributed by atoms with van der Waals surface area (Å²) in [5.74, 6) is -0.245. The van der Waals surface area contributed by atoms with Crippen LogP contribution >= 0.6 is 0 Å². The van der Waals surface area contributed by atoms with Crippen LogP contribution in [0.15, 0.2) is 48.5 Å². The molecule has 0 saturated carbocycles. The van der Waals surface area contributed by atoms with Crippen LogP contribution in [-0.2, 0) is 14.3 Å². The van der Waals surface area contributed by atoms with Crippen molar-refractivity contribution in [1.29, 1.82) is 0 Å². The summed E-state index contributed by atoms with van der Waals surface area (Å²) in [6.45, 7) is 1.99. The molecular weight excluding hydrogens is 322 g/mol. The van der Waals surface area contributed by atoms with E-state index in [-0.39, 0.29) is 5.91 Å². The van der Waals surface area contributed by atoms with Crippen LogP contribution in [0.4, 0.5) is 5.69 Å². The van der Waals surface area contributed by atoms with Gasteiger partial charge in [-0.15, -0.1) is 0 Å². The minimum Gasteiger partial charge on any atom is -0.479 e. The molecule has 1 amide bonds. The zero-order valence-corrected chi connectivity index (χ0v) is 13.8. The molecule has 2 N–H and O–H groups in total. The highest BCUT2D eigenvalue weighted by molar-refractivity contribution is 5.96. The standard InChI is InChI=1S/C19H19NO5/c1-12-6-8-13(9-7-12)24-15-5-3-2-4-14(15)20-18(21)16-10-11-17(25-16)19(22)23/h2-9,16-17H,10-11H2,1H3,(H,20,21)(H,22,23)/t16-,17+/m0/s1. The lowest BCUT2D eigenvalue weighted by Crippen LogP contribution is -2.30. The second-order valence-corrected chi connectivity index (χ2v) is 5.93. The third-order valence-corrected chi connectivity index (χ3v) is 3.98. The molecule has 0 spiro atoms. The number of carbonyl (C=O) groups is 2. The number of hydrogen-bond acceptors (Lipinski definition) is 4. The molecule has 1 saturated heterocycles. The molecule has 0 aromatic heterocycles. The zero-order valence-electron chi connectivity index (χ0n) is 13.8. The van der Waals surface area contributed by atoms with Gasteiger partial charge in [-0.2, -0.15) is 0 Å². The Morgan fingerprint density at radius 3 is 2.44 bits per heavy atom. The lowest BCUT2D eigenvalue weighted by Gasteiger charge is -2.15. The molecule has 130 valence electrons. The molecule has 6 heteroatoms. The smallest absolute Gasteiger partial charge is 0.332 e. The number of carboxylic acids is 1. The summed E-state index contributed by atoms with van der Waals surface area (Å²) in [4.78, 5) is 23.3. The van der Waals surface area contributed by atoms with Crippen molar-refractivity contribution in [3.05, 3.63) is 54.1 Å². The number of amides is 1. The van der Waals surface area contributed by atoms with Crippen molar-refractivity contribution in [2.45, 2.75) is 32.0 Å². The first-order chi connectivity index (χ1) is 12.0. The number of hydrogen-bond donors (Lipinski definition) is 2. The van der Waals surface area contributed by atoms with Gasteiger partial charge in [0.1, 0.15) is 11.9 Å². The second-order valence-electron chi connectivity index (χ2n) is 5.93. The largest absolute Gasteiger partial charge is 0.479 e. The van der Waals surface area contributed by atoms with Crippen LogP contribution in [-0.4, -0.2) is 29.2 Å². The Balaban J connectivity index is 1.69. The predicted molar refractivity (Wildman–Crippen MR) is 91.9 cm³/mol. The van der Waals surface area contributed by atoms with E-state index in [0.29, 0.717) is 30.0 Å². The van der Waals surface area contributed by atoms with Crippen molar-refractivity contribution in [3.8, 4) is 11.5 Å². The quantitative estimate of drug-likeness (QED) is 0.871. The van der Waals surface area contributed by atoms with Gasteiger partial charge in [-0.25, -0.2) is 4.79 Å². The molecule has 1 aliphatic rings. The first kappa shape index (κ1) is 17.0. The number of nitrogens with one attached hydrogen (secondary N) is 1. The fourth-order valence-electron chi connectivity index (χ4n) is 2.62. The molecule has 2 aromatic rings. The van der Waals surface area contributed by atoms with Gasteiger partial charge in [0, 0.05) is 0 Å². The Hall–Kier alpha value is -2.86. The first-order valence-electron chi connectivity index (χ1n) is 8.05. The van der Waals surface area contributed by atoms with Gasteiger partial charge in [0.05, 0.1) is 5.69 Å². The van der Waals surface area contributed by atoms with Crippen molar-refractivity contribution < 1.29 is 24.2 Å². The average Bonchev–Trinajstić information content (AvgIpc) is 3.09. The van der Waals surface area contributed by atoms with E-state index in [0.717, 1.165) is 5.56 Å². The van der Waals surface area contributed by atoms with Crippen LogP contribution in [0, 0.1) is 6.92 Å². The number of carboxylic acid groups (broad SMARTS) is 1. The van der Waals surface area contributed by atoms with Gasteiger partial charge in [0.15, 0.2) is 11.9 Å². The highest BCUT2D eigenvalue weighted by atomic mass is 16.5. The zero-order chi connectivity index (χ0) is 17.8. The van der Waals surface area contributed by atoms with Gasteiger partial charge in [-0.05, 0) is 44.0 Å². The summed E-state index contributed by atoms with van der Waals surface area (Å²) in [7, 11) is 0. The highest BCUT2D eigenvalue weighted by Crippen LogP contribution is 2.30. The summed E-state index contributed by atoms with van der Waals surface area (Å²) < 4.78 is 11.1. The SMILES string of the molecule is Cc1ccc(Oc2ccccc2NC(=O)[C@@H]2CC[C@H](C(=O)O)O2)cc1. The molecule has 2 atom stereocenters. The summed E-state index contributed by atoms with van der Waals surface area (Å²) in [6.07, 6.45) is -0.984. The third-order valence-electron chi connectivity index (χ3n) is 3.98. The van der Waals surface area contributed by atoms with E-state index in [1.54, 1.807) is 18.2 Å². The van der Waals surface area contributed by atoms with Crippen LogP contribution < -0.4 is 10.1 Å². The van der Waals surface area contributed by atoms with Gasteiger partial charge in [0.25, 0.3) is 5.91 Å². The third kappa shape index (κ3) is 4.16. The molecule has 2 aromatic carbocycles. The molecule has 1 fully saturated rings. The predicted octanol–water partition coefficient (Wildman–Crippen LogP) is 3.36. The minimum atomic E-state index is -1.04. The molecule has 0 unspecified atom stereocenters. The number of anilines is 1. The van der Waals surface area contributed by atoms with Crippen LogP contribution in [0.5, 0.6) is 11.5 Å². The number of aliphatic carboxylic acids is 1. The first-order valence-corrected chi connectivity index (χ1v) is 8.05. The van der Waals surface area contributed by atoms with Crippen LogP contribution in [0.1, 0.15) is 18.4 Å². The number of aryl methyl sites for hydroxylation is 1. The summed E-state index contributed by atoms with van der Waals surface area (Å²) >= 11 is 0. The Morgan fingerprint density at radius 1 is 1.08 bits per heavy atom. The molecular formula is C19H19NO5. The van der Waals surface area contributed by atoms with E-state index >= 15 is 0 Å². The van der Waals surface area contributed by atoms with E-state index in [2.05, 4.69) is 5.32 Å². The van der Waals surface area contributed by atoms with Crippen molar-refractivity contribution >= 4 is 17.6 Å². The monoisotopic (exact) mass is 341 g/mol. The summed E-state index contributed by atoms with van der Waals surface area (Å²) in [5.41, 5.74) is 1.63. The van der Waals surface area contributed by atoms with Crippen molar-refractivity contribution in [1.82, 2.24) is 0 Å². The van der Waals surface area contributed by atoms with E-state index in [1.807, 2.05) is 37.3 Å². The second kappa shape index (κ2) is 7.36. The van der Waals surface area contributed by atoms with Gasteiger partial charge in [-0.1, -0.05) is 29.8 Å². The van der Waals surface area contributed by atoms with Crippen molar-refractivity contribution in [2.24, 2.45) is 0 Å². The number of benzene rings is 2. The lowest BCUT2D eigenvalue weighted by atomic mass is 10.2. The maximum absolute atomic E-state index is 12.3. The van der Waals surface area contributed by atoms with Gasteiger partial charge >= 0.3 is 5.97 Å². The highest BCUT2D eigenvalue weighted by Gasteiger charge is 2.34. The fourth-order valence-corrected chi connectivity index (χ4v) is 2.62. The fraction of sp³-hybridized carbons (Fsp3) is 0.263. The van der Waals surface area contributed by atoms with E-state index < -0.39 is 18.2 Å². The minimum absolute atomic E-state index is 0.328. The van der Waals surface area contributed by atoms with Crippen molar-refractivity contribution in [2.75, 3.05) is 5.32 Å². The van der Waals surface area contributed by atoms with Crippen LogP contribution in [0.3, 0.4) is 0 Å². The molecule has 1 heterocycles. The average molecular weight is 341 g/mol. The van der Waals surface area contributed by atoms with Gasteiger partial charge < -0.3 is 19.9 Å². The Morgan fingerprint density at radius 2 is 1.76 bits per heavy atom. The molecule has 25 heavy (non-hydrogen) atoms. The van der Waals surface area contributed by atoms with Gasteiger partial charge in [-0.3, -0.25) is 4.79 Å². The molecule has 3 rings (SSSR count). The molecule has 0 bridgehead atoms. The Bertz CT molecular complexity index is 772. The molecule has 0 radical (unpaired) electrons. The number of ether oxygens (including phenoxy) is 2. The number of rotatable bonds is 5. The summed E-state index contributed by atoms with van der Waals surface area (Å²) in [5, 5.41) is 11.7. The van der Waals surface area contributed by atoms with Crippen LogP contribution in [0.25, 0.3) is 0 Å². The van der Waals surface area contributed by atoms with Gasteiger partial charge in [0.2, 0.25) is 0 Å². The van der Waals surface area contributed by atoms with E-state index in [9.17, 15) is 9.59 Å². The van der Waals surface area contributed by atoms with Crippen molar-refractivity contribution in [3.63, 3.8) is 0 Å². The lowest BCUT2D eigenvalue weighted by molar-refractivity contribution is -0.150. The Labute approximate surface area is 145 Å². The molecule has 1 aliphatic heterocycles. The number of para-hydroxylation sites is 2. The summed E-state index contributed by atoms with van der Waals surface area (Å²) in [6, 6.07) is 14.7. The maximum Gasteiger partial charge on any atom is 0.332 e. The number of carbonyl (C=O) groups excluding carboxylic acids is 1. The van der Waals surface area contributed by atoms with E-state index in [1.165, 1.54) is 0 Å². The molecule has 6 nitrogen and oxygen atoms in total. The van der Waals surface area contributed by atoms with E-state index in [4.69, 9.17) is 14.6 Å². The maximum atomic E-state index is 12.3. The topological polar surface area (TPSA) is 84.9 Å². The Kier molecular flexibility index (Phi) is 5.00.